The monoisotopic (exact) mass is 158 g/mol. The van der Waals surface area contributed by atoms with Crippen LogP contribution in [0.15, 0.2) is 0 Å². The predicted octanol–water partition coefficient (Wildman–Crippen LogP) is -0.747. The van der Waals surface area contributed by atoms with Gasteiger partial charge < -0.3 is 15.0 Å². The Kier molecular flexibility index (Phi) is 5.37. The summed E-state index contributed by atoms with van der Waals surface area (Å²) in [6, 6.07) is 0. The van der Waals surface area contributed by atoms with E-state index in [-0.39, 0.29) is 12.5 Å². The Morgan fingerprint density at radius 2 is 2.27 bits per heavy atom. The quantitative estimate of drug-likeness (QED) is 0.536. The van der Waals surface area contributed by atoms with Gasteiger partial charge in [0.2, 0.25) is 5.91 Å². The smallest absolute Gasteiger partial charge is 0.236 e. The molecule has 0 rings (SSSR count). The van der Waals surface area contributed by atoms with Crippen molar-refractivity contribution in [1.82, 2.24) is 10.2 Å². The lowest BCUT2D eigenvalue weighted by Crippen LogP contribution is -2.38. The zero-order valence-electron chi connectivity index (χ0n) is 6.96. The third kappa shape index (κ3) is 3.72. The molecule has 0 radical (unpaired) electrons. The Hall–Kier alpha value is -0.900. The maximum atomic E-state index is 11.1. The third-order valence-electron chi connectivity index (χ3n) is 1.36. The predicted molar refractivity (Wildman–Crippen MR) is 42.2 cm³/mol. The highest BCUT2D eigenvalue weighted by Gasteiger charge is 2.08. The Morgan fingerprint density at radius 3 is 2.64 bits per heavy atom. The highest BCUT2D eigenvalue weighted by Crippen LogP contribution is 1.85. The van der Waals surface area contributed by atoms with Crippen LogP contribution in [0, 0.1) is 0 Å². The molecule has 0 aliphatic rings. The summed E-state index contributed by atoms with van der Waals surface area (Å²) in [5.74, 6) is -0.0397. The van der Waals surface area contributed by atoms with E-state index in [0.717, 1.165) is 6.29 Å². The van der Waals surface area contributed by atoms with Gasteiger partial charge in [0.15, 0.2) is 0 Å². The maximum Gasteiger partial charge on any atom is 0.236 e. The van der Waals surface area contributed by atoms with Crippen LogP contribution < -0.4 is 5.32 Å². The highest BCUT2D eigenvalue weighted by molar-refractivity contribution is 5.80. The molecule has 0 heterocycles. The number of likely N-dealkylation sites (N-methyl/N-ethyl adjacent to an activating group) is 2. The summed E-state index contributed by atoms with van der Waals surface area (Å²) >= 11 is 0. The number of nitrogens with zero attached hydrogens (tertiary/aromatic N) is 1. The highest BCUT2D eigenvalue weighted by atomic mass is 16.2. The number of carbonyl (C=O) groups is 2. The summed E-state index contributed by atoms with van der Waals surface area (Å²) < 4.78 is 0. The van der Waals surface area contributed by atoms with Gasteiger partial charge in [-0.1, -0.05) is 0 Å². The molecule has 0 atom stereocenters. The molecule has 64 valence electrons. The summed E-state index contributed by atoms with van der Waals surface area (Å²) in [5.41, 5.74) is 0. The minimum absolute atomic E-state index is 0.0397. The first-order chi connectivity index (χ1) is 5.26. The van der Waals surface area contributed by atoms with E-state index in [9.17, 15) is 9.59 Å². The van der Waals surface area contributed by atoms with Crippen LogP contribution in [0.1, 0.15) is 6.92 Å². The molecule has 0 aromatic heterocycles. The molecule has 0 aliphatic carbocycles. The van der Waals surface area contributed by atoms with Crippen LogP contribution >= 0.6 is 0 Å². The Morgan fingerprint density at radius 1 is 1.64 bits per heavy atom. The zero-order valence-corrected chi connectivity index (χ0v) is 6.96. The van der Waals surface area contributed by atoms with Gasteiger partial charge in [-0.2, -0.15) is 0 Å². The van der Waals surface area contributed by atoms with Crippen molar-refractivity contribution in [3.8, 4) is 0 Å². The van der Waals surface area contributed by atoms with Crippen LogP contribution in [0.4, 0.5) is 0 Å². The second kappa shape index (κ2) is 5.85. The molecule has 4 nitrogen and oxygen atoms in total. The van der Waals surface area contributed by atoms with Gasteiger partial charge in [0, 0.05) is 6.54 Å². The van der Waals surface area contributed by atoms with Gasteiger partial charge in [-0.25, -0.2) is 0 Å². The van der Waals surface area contributed by atoms with Crippen LogP contribution in [0.5, 0.6) is 0 Å². The van der Waals surface area contributed by atoms with Crippen LogP contribution in [0.2, 0.25) is 0 Å². The fourth-order valence-corrected chi connectivity index (χ4v) is 0.760. The number of nitrogens with one attached hydrogen (secondary N) is 1. The average Bonchev–Trinajstić information content (AvgIpc) is 2.00. The van der Waals surface area contributed by atoms with Gasteiger partial charge in [-0.15, -0.1) is 0 Å². The van der Waals surface area contributed by atoms with E-state index in [4.69, 9.17) is 0 Å². The van der Waals surface area contributed by atoms with Crippen molar-refractivity contribution < 1.29 is 9.59 Å². The van der Waals surface area contributed by atoms with Gasteiger partial charge in [0.1, 0.15) is 6.29 Å². The number of amides is 1. The van der Waals surface area contributed by atoms with Crippen molar-refractivity contribution in [3.05, 3.63) is 0 Å². The van der Waals surface area contributed by atoms with E-state index in [1.807, 2.05) is 6.92 Å². The largest absolute Gasteiger partial charge is 0.335 e. The summed E-state index contributed by atoms with van der Waals surface area (Å²) in [5, 5.41) is 2.73. The molecular weight excluding hydrogens is 144 g/mol. The van der Waals surface area contributed by atoms with Gasteiger partial charge in [-0.3, -0.25) is 4.79 Å². The second-order valence-corrected chi connectivity index (χ2v) is 2.13. The van der Waals surface area contributed by atoms with Crippen molar-refractivity contribution in [1.29, 1.82) is 0 Å². The van der Waals surface area contributed by atoms with Gasteiger partial charge in [-0.05, 0) is 14.0 Å². The minimum Gasteiger partial charge on any atom is -0.335 e. The van der Waals surface area contributed by atoms with Gasteiger partial charge in [0.05, 0.1) is 13.1 Å². The van der Waals surface area contributed by atoms with Crippen molar-refractivity contribution in [2.75, 3.05) is 26.7 Å². The van der Waals surface area contributed by atoms with Gasteiger partial charge in [0.25, 0.3) is 0 Å². The molecule has 0 saturated carbocycles. The SMILES string of the molecule is CCN(CC=O)C(=O)CNC. The molecule has 1 amide bonds. The van der Waals surface area contributed by atoms with Crippen molar-refractivity contribution >= 4 is 12.2 Å². The number of aldehydes is 1. The molecule has 0 aromatic rings. The van der Waals surface area contributed by atoms with Crippen LogP contribution in [-0.2, 0) is 9.59 Å². The summed E-state index contributed by atoms with van der Waals surface area (Å²) in [4.78, 5) is 22.6. The maximum absolute atomic E-state index is 11.1. The lowest BCUT2D eigenvalue weighted by atomic mass is 10.4. The van der Waals surface area contributed by atoms with Crippen LogP contribution in [-0.4, -0.2) is 43.8 Å². The van der Waals surface area contributed by atoms with Crippen LogP contribution in [0.3, 0.4) is 0 Å². The van der Waals surface area contributed by atoms with Crippen molar-refractivity contribution in [3.63, 3.8) is 0 Å². The van der Waals surface area contributed by atoms with Gasteiger partial charge >= 0.3 is 0 Å². The molecule has 0 bridgehead atoms. The number of hydrogen-bond donors (Lipinski definition) is 1. The number of carbonyl (C=O) groups excluding carboxylic acids is 2. The first-order valence-electron chi connectivity index (χ1n) is 3.62. The lowest BCUT2D eigenvalue weighted by molar-refractivity contribution is -0.131. The molecule has 11 heavy (non-hydrogen) atoms. The average molecular weight is 158 g/mol. The topological polar surface area (TPSA) is 49.4 Å². The molecule has 1 N–H and O–H groups in total. The number of hydrogen-bond acceptors (Lipinski definition) is 3. The Balaban J connectivity index is 3.80. The normalized spacial score (nSPS) is 9.27. The van der Waals surface area contributed by atoms with Crippen molar-refractivity contribution in [2.45, 2.75) is 6.92 Å². The molecule has 0 spiro atoms. The first-order valence-corrected chi connectivity index (χ1v) is 3.62. The van der Waals surface area contributed by atoms with Crippen LogP contribution in [0.25, 0.3) is 0 Å². The van der Waals surface area contributed by atoms with E-state index in [1.165, 1.54) is 4.90 Å². The fraction of sp³-hybridized carbons (Fsp3) is 0.714. The third-order valence-corrected chi connectivity index (χ3v) is 1.36. The molecule has 0 saturated heterocycles. The fourth-order valence-electron chi connectivity index (χ4n) is 0.760. The van der Waals surface area contributed by atoms with E-state index in [2.05, 4.69) is 5.32 Å². The van der Waals surface area contributed by atoms with Crippen molar-refractivity contribution in [2.24, 2.45) is 0 Å². The van der Waals surface area contributed by atoms with E-state index in [0.29, 0.717) is 13.1 Å². The Bertz CT molecular complexity index is 136. The molecule has 0 aromatic carbocycles. The lowest BCUT2D eigenvalue weighted by Gasteiger charge is -2.16. The van der Waals surface area contributed by atoms with E-state index in [1.54, 1.807) is 7.05 Å². The summed E-state index contributed by atoms with van der Waals surface area (Å²) in [6.07, 6.45) is 0.733. The molecule has 0 fully saturated rings. The van der Waals surface area contributed by atoms with E-state index >= 15 is 0 Å². The molecule has 0 unspecified atom stereocenters. The molecule has 4 heteroatoms. The standard InChI is InChI=1S/C7H14N2O2/c1-3-9(4-5-10)7(11)6-8-2/h5,8H,3-4,6H2,1-2H3. The molecular formula is C7H14N2O2. The Labute approximate surface area is 66.6 Å². The first kappa shape index (κ1) is 10.1. The zero-order chi connectivity index (χ0) is 8.69. The summed E-state index contributed by atoms with van der Waals surface area (Å²) in [7, 11) is 1.70. The number of rotatable bonds is 5. The minimum atomic E-state index is -0.0397. The van der Waals surface area contributed by atoms with E-state index < -0.39 is 0 Å². The molecule has 0 aliphatic heterocycles. The summed E-state index contributed by atoms with van der Waals surface area (Å²) in [6.45, 7) is 2.91. The second-order valence-electron chi connectivity index (χ2n) is 2.13.